The van der Waals surface area contributed by atoms with Crippen LogP contribution in [0.2, 0.25) is 0 Å². The highest BCUT2D eigenvalue weighted by atomic mass is 16.6. The summed E-state index contributed by atoms with van der Waals surface area (Å²) < 4.78 is 5.51. The summed E-state index contributed by atoms with van der Waals surface area (Å²) in [7, 11) is 0. The molecule has 0 saturated heterocycles. The number of H-pyrrole nitrogens is 3. The first kappa shape index (κ1) is 35.0. The maximum absolute atomic E-state index is 14.2. The molecule has 15 nitrogen and oxygen atoms in total. The van der Waals surface area contributed by atoms with Gasteiger partial charge in [0.25, 0.3) is 17.5 Å². The summed E-state index contributed by atoms with van der Waals surface area (Å²) in [5.74, 6) is -0.834. The third kappa shape index (κ3) is 5.49. The fourth-order valence-electron chi connectivity index (χ4n) is 8.98. The fourth-order valence-corrected chi connectivity index (χ4v) is 8.98. The molecule has 15 heteroatoms. The molecule has 0 unspecified atom stereocenters. The maximum atomic E-state index is 14.2. The number of aromatic nitrogens is 3. The maximum Gasteiger partial charge on any atom is 0.354 e. The lowest BCUT2D eigenvalue weighted by molar-refractivity contribution is -0.384. The molecule has 3 aromatic heterocycles. The van der Waals surface area contributed by atoms with Crippen molar-refractivity contribution < 1.29 is 28.8 Å². The van der Waals surface area contributed by atoms with E-state index < -0.39 is 16.9 Å². The number of carbonyl (C=O) groups is 4. The first-order valence-corrected chi connectivity index (χ1v) is 19.1. The Morgan fingerprint density at radius 1 is 0.690 bits per heavy atom. The molecule has 4 amide bonds. The molecule has 3 aliphatic rings. The summed E-state index contributed by atoms with van der Waals surface area (Å²) in [5.41, 5.74) is 16.3. The number of nitrogens with one attached hydrogen (secondary N) is 3. The lowest BCUT2D eigenvalue weighted by atomic mass is 10.0. The zero-order chi connectivity index (χ0) is 40.0. The number of fused-ring (bicyclic) bond motifs is 9. The van der Waals surface area contributed by atoms with Gasteiger partial charge in [-0.15, -0.1) is 0 Å². The molecule has 0 aliphatic carbocycles. The summed E-state index contributed by atoms with van der Waals surface area (Å²) in [6.07, 6.45) is 2.31. The molecule has 3 aliphatic heterocycles. The van der Waals surface area contributed by atoms with Gasteiger partial charge in [-0.25, -0.2) is 9.59 Å². The van der Waals surface area contributed by atoms with Crippen LogP contribution in [-0.2, 0) is 30.4 Å². The third-order valence-corrected chi connectivity index (χ3v) is 11.8. The van der Waals surface area contributed by atoms with Gasteiger partial charge in [0.15, 0.2) is 0 Å². The van der Waals surface area contributed by atoms with Crippen molar-refractivity contribution in [3.63, 3.8) is 0 Å². The normalized spacial score (nSPS) is 14.4. The van der Waals surface area contributed by atoms with E-state index in [9.17, 15) is 29.3 Å². The van der Waals surface area contributed by atoms with Crippen molar-refractivity contribution in [3.8, 4) is 0 Å². The number of hydrogen-bond acceptors (Lipinski definition) is 7. The van der Waals surface area contributed by atoms with Crippen LogP contribution < -0.4 is 20.4 Å². The highest BCUT2D eigenvalue weighted by Crippen LogP contribution is 2.41. The largest absolute Gasteiger partial charge is 0.461 e. The van der Waals surface area contributed by atoms with Crippen LogP contribution in [0.25, 0.3) is 32.7 Å². The summed E-state index contributed by atoms with van der Waals surface area (Å²) in [6, 6.07) is 20.7. The Morgan fingerprint density at radius 2 is 1.22 bits per heavy atom. The second kappa shape index (κ2) is 13.1. The van der Waals surface area contributed by atoms with Crippen LogP contribution in [0.3, 0.4) is 0 Å². The molecule has 0 spiro atoms. The van der Waals surface area contributed by atoms with Gasteiger partial charge in [-0.1, -0.05) is 12.1 Å². The van der Waals surface area contributed by atoms with E-state index >= 15 is 0 Å². The zero-order valence-corrected chi connectivity index (χ0v) is 31.3. The second-order valence-electron chi connectivity index (χ2n) is 15.0. The van der Waals surface area contributed by atoms with E-state index in [1.165, 1.54) is 12.1 Å². The molecule has 0 radical (unpaired) electrons. The summed E-state index contributed by atoms with van der Waals surface area (Å²) in [6.45, 7) is 3.55. The zero-order valence-electron chi connectivity index (χ0n) is 31.3. The SMILES string of the molecule is Cc1cc2c(c3cc(C(=O)N4CCc5c4ccc4[nH]c(C(=O)OCCc6ccc([N+](=O)[O-])cc6)cc54)[nH]c13)CCN2C(=O)c1cc2c3c(ccc2[nH]1)N(C(N)=O)CC3. The predicted octanol–water partition coefficient (Wildman–Crippen LogP) is 6.59. The van der Waals surface area contributed by atoms with Crippen LogP contribution in [0.5, 0.6) is 0 Å². The Bertz CT molecular complexity index is 2940. The highest BCUT2D eigenvalue weighted by molar-refractivity contribution is 6.14. The number of aryl methyl sites for hydroxylation is 1. The molecular weight excluding hydrogens is 741 g/mol. The van der Waals surface area contributed by atoms with E-state index in [2.05, 4.69) is 15.0 Å². The van der Waals surface area contributed by atoms with Gasteiger partial charge in [0, 0.05) is 88.0 Å². The topological polar surface area (TPSA) is 204 Å². The van der Waals surface area contributed by atoms with Crippen molar-refractivity contribution in [1.82, 2.24) is 15.0 Å². The lowest BCUT2D eigenvalue weighted by Gasteiger charge is -2.17. The van der Waals surface area contributed by atoms with Gasteiger partial charge < -0.3 is 35.2 Å². The smallest absolute Gasteiger partial charge is 0.354 e. The van der Waals surface area contributed by atoms with Crippen LogP contribution in [0.15, 0.2) is 72.8 Å². The number of carbonyl (C=O) groups excluding carboxylic acids is 4. The Balaban J connectivity index is 0.870. The number of nitro groups is 1. The number of non-ortho nitro benzene ring substituents is 1. The number of aromatic amines is 3. The molecule has 0 saturated carbocycles. The molecule has 6 heterocycles. The van der Waals surface area contributed by atoms with Crippen LogP contribution in [0.1, 0.15) is 59.3 Å². The average Bonchev–Trinajstić information content (AvgIpc) is 4.06. The summed E-state index contributed by atoms with van der Waals surface area (Å²) >= 11 is 0. The minimum atomic E-state index is -0.512. The van der Waals surface area contributed by atoms with Crippen molar-refractivity contribution in [2.45, 2.75) is 32.6 Å². The van der Waals surface area contributed by atoms with E-state index in [4.69, 9.17) is 10.5 Å². The van der Waals surface area contributed by atoms with E-state index in [0.29, 0.717) is 62.4 Å². The first-order chi connectivity index (χ1) is 28.0. The third-order valence-electron chi connectivity index (χ3n) is 11.8. The number of urea groups is 1. The number of anilines is 3. The number of rotatable bonds is 7. The van der Waals surface area contributed by atoms with Crippen molar-refractivity contribution >= 4 is 79.3 Å². The molecule has 0 fully saturated rings. The molecule has 5 N–H and O–H groups in total. The molecule has 58 heavy (non-hydrogen) atoms. The molecule has 290 valence electrons. The lowest BCUT2D eigenvalue weighted by Crippen LogP contribution is -2.33. The fraction of sp³-hybridized carbons (Fsp3) is 0.209. The number of nitro benzene ring substituents is 1. The van der Waals surface area contributed by atoms with Crippen LogP contribution >= 0.6 is 0 Å². The molecule has 7 aromatic rings. The summed E-state index contributed by atoms with van der Waals surface area (Å²) in [4.78, 5) is 78.6. The monoisotopic (exact) mass is 776 g/mol. The second-order valence-corrected chi connectivity index (χ2v) is 15.0. The predicted molar refractivity (Wildman–Crippen MR) is 218 cm³/mol. The van der Waals surface area contributed by atoms with Gasteiger partial charge in [-0.3, -0.25) is 24.6 Å². The number of amides is 4. The van der Waals surface area contributed by atoms with Crippen LogP contribution in [0, 0.1) is 17.0 Å². The van der Waals surface area contributed by atoms with Gasteiger partial charge in [0.1, 0.15) is 17.1 Å². The Morgan fingerprint density at radius 3 is 1.86 bits per heavy atom. The van der Waals surface area contributed by atoms with Gasteiger partial charge >= 0.3 is 12.0 Å². The molecule has 10 rings (SSSR count). The van der Waals surface area contributed by atoms with Gasteiger partial charge in [-0.05, 0) is 103 Å². The minimum Gasteiger partial charge on any atom is -0.461 e. The number of nitrogens with zero attached hydrogens (tertiary/aromatic N) is 4. The van der Waals surface area contributed by atoms with E-state index in [-0.39, 0.29) is 24.1 Å². The van der Waals surface area contributed by atoms with Gasteiger partial charge in [0.05, 0.1) is 11.5 Å². The van der Waals surface area contributed by atoms with Crippen molar-refractivity contribution in [1.29, 1.82) is 0 Å². The van der Waals surface area contributed by atoms with E-state index in [0.717, 1.165) is 77.6 Å². The van der Waals surface area contributed by atoms with E-state index in [1.54, 1.807) is 32.9 Å². The van der Waals surface area contributed by atoms with Crippen LogP contribution in [0.4, 0.5) is 27.5 Å². The Kier molecular flexibility index (Phi) is 7.90. The quantitative estimate of drug-likeness (QED) is 0.0793. The number of ether oxygens (including phenoxy) is 1. The average molecular weight is 777 g/mol. The Hall–Kier alpha value is -7.42. The van der Waals surface area contributed by atoms with E-state index in [1.807, 2.05) is 49.4 Å². The number of hydrogen-bond donors (Lipinski definition) is 4. The minimum absolute atomic E-state index is 0.00157. The van der Waals surface area contributed by atoms with Gasteiger partial charge in [0.2, 0.25) is 0 Å². The number of esters is 1. The Labute approximate surface area is 329 Å². The number of nitrogens with two attached hydrogens (primary N) is 1. The first-order valence-electron chi connectivity index (χ1n) is 19.1. The van der Waals surface area contributed by atoms with Crippen molar-refractivity contribution in [2.75, 3.05) is 40.9 Å². The number of primary amides is 1. The standard InChI is InChI=1S/C43H36N8O7/c1-22-18-38-27(11-15-49(38)40(52)33-19-28-26-12-16-50(43(44)55)37(26)9-7-31(28)45-33)30-21-34(47-39(22)30)41(53)48-14-10-25-29-20-35(46-32(29)6-8-36(25)48)42(54)58-17-13-23-2-4-24(5-3-23)51(56)57/h2-9,18-21,45-47H,10-17H2,1H3,(H2,44,55). The highest BCUT2D eigenvalue weighted by Gasteiger charge is 2.33. The van der Waals surface area contributed by atoms with Crippen molar-refractivity contribution in [2.24, 2.45) is 5.73 Å². The number of benzene rings is 4. The molecule has 0 atom stereocenters. The molecule has 4 aromatic carbocycles. The van der Waals surface area contributed by atoms with Crippen LogP contribution in [-0.4, -0.2) is 69.9 Å². The van der Waals surface area contributed by atoms with Crippen molar-refractivity contribution in [3.05, 3.63) is 128 Å². The molecular formula is C43H36N8O7. The molecule has 0 bridgehead atoms. The van der Waals surface area contributed by atoms with Gasteiger partial charge in [-0.2, -0.15) is 0 Å². The summed E-state index contributed by atoms with van der Waals surface area (Å²) in [5, 5.41) is 13.6.